The standard InChI is InChI=1S/C16H19N3OS/c1-11-10-12(2)19-16(14(11)15(17)21)20-9-3-4-13-5-7-18-8-6-13/h5-8,10H,3-4,9H2,1-2H3,(H2,17,21). The maximum absolute atomic E-state index is 5.79. The molecule has 0 fully saturated rings. The van der Waals surface area contributed by atoms with Gasteiger partial charge in [-0.3, -0.25) is 4.98 Å². The number of hydrogen-bond donors (Lipinski definition) is 1. The van der Waals surface area contributed by atoms with Crippen LogP contribution in [0.1, 0.15) is 28.8 Å². The van der Waals surface area contributed by atoms with E-state index < -0.39 is 0 Å². The van der Waals surface area contributed by atoms with Crippen molar-refractivity contribution in [1.29, 1.82) is 0 Å². The number of nitrogens with zero attached hydrogens (tertiary/aromatic N) is 2. The summed E-state index contributed by atoms with van der Waals surface area (Å²) in [7, 11) is 0. The van der Waals surface area contributed by atoms with E-state index in [1.807, 2.05) is 32.0 Å². The van der Waals surface area contributed by atoms with Gasteiger partial charge in [-0.1, -0.05) is 12.2 Å². The second-order valence-corrected chi connectivity index (χ2v) is 5.37. The molecule has 0 atom stereocenters. The largest absolute Gasteiger partial charge is 0.477 e. The first kappa shape index (κ1) is 15.4. The normalized spacial score (nSPS) is 10.4. The van der Waals surface area contributed by atoms with Crippen molar-refractivity contribution in [1.82, 2.24) is 9.97 Å². The molecule has 5 heteroatoms. The fourth-order valence-electron chi connectivity index (χ4n) is 2.20. The quantitative estimate of drug-likeness (QED) is 0.656. The number of nitrogens with two attached hydrogens (primary N) is 1. The van der Waals surface area contributed by atoms with E-state index in [0.29, 0.717) is 17.5 Å². The first-order valence-corrected chi connectivity index (χ1v) is 7.28. The summed E-state index contributed by atoms with van der Waals surface area (Å²) >= 11 is 5.09. The summed E-state index contributed by atoms with van der Waals surface area (Å²) in [5.74, 6) is 0.537. The molecule has 2 N–H and O–H groups in total. The Morgan fingerprint density at radius 1 is 1.29 bits per heavy atom. The Morgan fingerprint density at radius 3 is 2.67 bits per heavy atom. The highest BCUT2D eigenvalue weighted by Crippen LogP contribution is 2.21. The molecule has 0 aliphatic rings. The minimum atomic E-state index is 0.323. The molecule has 0 bridgehead atoms. The number of pyridine rings is 2. The summed E-state index contributed by atoms with van der Waals surface area (Å²) in [6.45, 7) is 4.47. The van der Waals surface area contributed by atoms with Crippen molar-refractivity contribution in [3.8, 4) is 5.88 Å². The van der Waals surface area contributed by atoms with Gasteiger partial charge < -0.3 is 10.5 Å². The van der Waals surface area contributed by atoms with Gasteiger partial charge in [0.15, 0.2) is 0 Å². The lowest BCUT2D eigenvalue weighted by Gasteiger charge is -2.13. The molecule has 4 nitrogen and oxygen atoms in total. The number of ether oxygens (including phenoxy) is 1. The van der Waals surface area contributed by atoms with Crippen LogP contribution in [0.2, 0.25) is 0 Å². The van der Waals surface area contributed by atoms with Crippen LogP contribution in [0.15, 0.2) is 30.6 Å². The van der Waals surface area contributed by atoms with E-state index in [2.05, 4.69) is 9.97 Å². The summed E-state index contributed by atoms with van der Waals surface area (Å²) in [4.78, 5) is 8.73. The van der Waals surface area contributed by atoms with Crippen molar-refractivity contribution in [2.45, 2.75) is 26.7 Å². The molecule has 0 aliphatic heterocycles. The first-order valence-electron chi connectivity index (χ1n) is 6.87. The Hall–Kier alpha value is -2.01. The molecule has 0 saturated carbocycles. The Kier molecular flexibility index (Phi) is 5.22. The van der Waals surface area contributed by atoms with Gasteiger partial charge in [0.2, 0.25) is 5.88 Å². The van der Waals surface area contributed by atoms with Crippen molar-refractivity contribution in [2.24, 2.45) is 5.73 Å². The van der Waals surface area contributed by atoms with Gasteiger partial charge in [-0.05, 0) is 56.0 Å². The second-order valence-electron chi connectivity index (χ2n) is 4.93. The zero-order valence-electron chi connectivity index (χ0n) is 12.3. The number of aryl methyl sites for hydroxylation is 3. The second kappa shape index (κ2) is 7.13. The van der Waals surface area contributed by atoms with E-state index in [1.54, 1.807) is 12.4 Å². The Bertz CT molecular complexity index is 629. The van der Waals surface area contributed by atoms with Crippen LogP contribution in [0.5, 0.6) is 5.88 Å². The van der Waals surface area contributed by atoms with Crippen LogP contribution < -0.4 is 10.5 Å². The van der Waals surface area contributed by atoms with Gasteiger partial charge in [0, 0.05) is 18.1 Å². The van der Waals surface area contributed by atoms with E-state index in [9.17, 15) is 0 Å². The fraction of sp³-hybridized carbons (Fsp3) is 0.312. The maximum Gasteiger partial charge on any atom is 0.224 e. The molecule has 0 unspecified atom stereocenters. The van der Waals surface area contributed by atoms with Gasteiger partial charge in [0.25, 0.3) is 0 Å². The predicted octanol–water partition coefficient (Wildman–Crippen LogP) is 2.74. The van der Waals surface area contributed by atoms with Crippen LogP contribution in [0.4, 0.5) is 0 Å². The highest BCUT2D eigenvalue weighted by Gasteiger charge is 2.12. The molecule has 2 aromatic heterocycles. The van der Waals surface area contributed by atoms with Gasteiger partial charge in [0.1, 0.15) is 4.99 Å². The van der Waals surface area contributed by atoms with Gasteiger partial charge in [-0.15, -0.1) is 0 Å². The average molecular weight is 301 g/mol. The lowest BCUT2D eigenvalue weighted by molar-refractivity contribution is 0.298. The highest BCUT2D eigenvalue weighted by molar-refractivity contribution is 7.80. The monoisotopic (exact) mass is 301 g/mol. The Labute approximate surface area is 130 Å². The SMILES string of the molecule is Cc1cc(C)c(C(N)=S)c(OCCCc2ccncc2)n1. The van der Waals surface area contributed by atoms with Crippen molar-refractivity contribution in [2.75, 3.05) is 6.61 Å². The topological polar surface area (TPSA) is 61.0 Å². The number of rotatable bonds is 6. The van der Waals surface area contributed by atoms with E-state index in [0.717, 1.165) is 29.7 Å². The van der Waals surface area contributed by atoms with Crippen LogP contribution in [-0.4, -0.2) is 21.6 Å². The summed E-state index contributed by atoms with van der Waals surface area (Å²) in [6, 6.07) is 5.98. The molecule has 0 aromatic carbocycles. The lowest BCUT2D eigenvalue weighted by Crippen LogP contribution is -2.15. The summed E-state index contributed by atoms with van der Waals surface area (Å²) in [5.41, 5.74) is 9.65. The third-order valence-electron chi connectivity index (χ3n) is 3.16. The van der Waals surface area contributed by atoms with Crippen molar-refractivity contribution >= 4 is 17.2 Å². The minimum Gasteiger partial charge on any atom is -0.477 e. The van der Waals surface area contributed by atoms with Crippen molar-refractivity contribution in [3.05, 3.63) is 53.0 Å². The van der Waals surface area contributed by atoms with Gasteiger partial charge in [-0.25, -0.2) is 4.98 Å². The van der Waals surface area contributed by atoms with Gasteiger partial charge >= 0.3 is 0 Å². The van der Waals surface area contributed by atoms with Crippen molar-refractivity contribution < 1.29 is 4.74 Å². The van der Waals surface area contributed by atoms with E-state index in [4.69, 9.17) is 22.7 Å². The smallest absolute Gasteiger partial charge is 0.224 e. The maximum atomic E-state index is 5.79. The molecular formula is C16H19N3OS. The molecule has 110 valence electrons. The Morgan fingerprint density at radius 2 is 2.00 bits per heavy atom. The van der Waals surface area contributed by atoms with Crippen molar-refractivity contribution in [3.63, 3.8) is 0 Å². The van der Waals surface area contributed by atoms with Crippen LogP contribution in [0.3, 0.4) is 0 Å². The fourth-order valence-corrected chi connectivity index (χ4v) is 2.45. The predicted molar refractivity (Wildman–Crippen MR) is 87.7 cm³/mol. The molecule has 21 heavy (non-hydrogen) atoms. The molecule has 0 amide bonds. The van der Waals surface area contributed by atoms with Gasteiger partial charge in [0.05, 0.1) is 12.2 Å². The van der Waals surface area contributed by atoms with Gasteiger partial charge in [-0.2, -0.15) is 0 Å². The van der Waals surface area contributed by atoms with Crippen LogP contribution >= 0.6 is 12.2 Å². The summed E-state index contributed by atoms with van der Waals surface area (Å²) in [6.07, 6.45) is 5.43. The molecule has 2 rings (SSSR count). The zero-order chi connectivity index (χ0) is 15.2. The molecule has 0 saturated heterocycles. The third-order valence-corrected chi connectivity index (χ3v) is 3.36. The first-order chi connectivity index (χ1) is 10.1. The van der Waals surface area contributed by atoms with Crippen LogP contribution in [-0.2, 0) is 6.42 Å². The molecule has 0 spiro atoms. The summed E-state index contributed by atoms with van der Waals surface area (Å²) in [5, 5.41) is 0. The molecule has 0 aliphatic carbocycles. The highest BCUT2D eigenvalue weighted by atomic mass is 32.1. The van der Waals surface area contributed by atoms with Crippen LogP contribution in [0, 0.1) is 13.8 Å². The zero-order valence-corrected chi connectivity index (χ0v) is 13.1. The Balaban J connectivity index is 1.98. The van der Waals surface area contributed by atoms with Crippen LogP contribution in [0.25, 0.3) is 0 Å². The number of aromatic nitrogens is 2. The van der Waals surface area contributed by atoms with E-state index in [1.165, 1.54) is 5.56 Å². The molecule has 0 radical (unpaired) electrons. The molecule has 2 heterocycles. The number of hydrogen-bond acceptors (Lipinski definition) is 4. The minimum absolute atomic E-state index is 0.323. The lowest BCUT2D eigenvalue weighted by atomic mass is 10.1. The number of thiocarbonyl (C=S) groups is 1. The van der Waals surface area contributed by atoms with E-state index in [-0.39, 0.29) is 0 Å². The average Bonchev–Trinajstić information content (AvgIpc) is 2.43. The summed E-state index contributed by atoms with van der Waals surface area (Å²) < 4.78 is 5.79. The molecule has 2 aromatic rings. The molecular weight excluding hydrogens is 282 g/mol. The third kappa shape index (κ3) is 4.23. The van der Waals surface area contributed by atoms with E-state index >= 15 is 0 Å².